The van der Waals surface area contributed by atoms with Gasteiger partial charge in [-0.1, -0.05) is 0 Å². The van der Waals surface area contributed by atoms with E-state index < -0.39 is 15.8 Å². The Balaban J connectivity index is 2.30. The summed E-state index contributed by atoms with van der Waals surface area (Å²) in [5, 5.41) is -0.0782. The molecule has 2 rings (SSSR count). The third-order valence-corrected chi connectivity index (χ3v) is 4.33. The number of aromatic nitrogens is 2. The van der Waals surface area contributed by atoms with Crippen molar-refractivity contribution in [2.45, 2.75) is 18.5 Å². The Bertz CT molecular complexity index is 700. The zero-order valence-corrected chi connectivity index (χ0v) is 12.4. The zero-order valence-electron chi connectivity index (χ0n) is 9.97. The lowest BCUT2D eigenvalue weighted by Gasteiger charge is -2.07. The van der Waals surface area contributed by atoms with Gasteiger partial charge < -0.3 is 4.57 Å². The third-order valence-electron chi connectivity index (χ3n) is 2.43. The Morgan fingerprint density at radius 1 is 1.47 bits per heavy atom. The van der Waals surface area contributed by atoms with Crippen LogP contribution in [0.15, 0.2) is 40.2 Å². The minimum Gasteiger partial charge on any atom is -0.336 e. The molecule has 0 fully saturated rings. The zero-order chi connectivity index (χ0) is 14.0. The van der Waals surface area contributed by atoms with Gasteiger partial charge >= 0.3 is 0 Å². The van der Waals surface area contributed by atoms with E-state index in [0.29, 0.717) is 11.0 Å². The molecule has 19 heavy (non-hydrogen) atoms. The Morgan fingerprint density at radius 3 is 2.79 bits per heavy atom. The van der Waals surface area contributed by atoms with Crippen molar-refractivity contribution in [3.8, 4) is 0 Å². The fraction of sp³-hybridized carbons (Fsp3) is 0.182. The van der Waals surface area contributed by atoms with Gasteiger partial charge in [-0.15, -0.1) is 0 Å². The Morgan fingerprint density at radius 2 is 2.21 bits per heavy atom. The molecular formula is C11H11BrFN3O2S. The Labute approximate surface area is 118 Å². The van der Waals surface area contributed by atoms with Gasteiger partial charge in [0, 0.05) is 17.2 Å². The number of nitrogens with one attached hydrogen (secondary N) is 1. The summed E-state index contributed by atoms with van der Waals surface area (Å²) in [6, 6.07) is 3.70. The fourth-order valence-corrected chi connectivity index (χ4v) is 3.03. The van der Waals surface area contributed by atoms with Crippen molar-refractivity contribution in [3.05, 3.63) is 41.0 Å². The minimum absolute atomic E-state index is 0.0782. The van der Waals surface area contributed by atoms with Crippen LogP contribution in [0.5, 0.6) is 0 Å². The molecule has 0 bridgehead atoms. The summed E-state index contributed by atoms with van der Waals surface area (Å²) in [6.45, 7) is 2.50. The van der Waals surface area contributed by atoms with Gasteiger partial charge in [-0.2, -0.15) is 8.42 Å². The van der Waals surface area contributed by atoms with Crippen LogP contribution in [0.2, 0.25) is 0 Å². The van der Waals surface area contributed by atoms with Gasteiger partial charge in [-0.3, -0.25) is 4.72 Å². The second-order valence-corrected chi connectivity index (χ2v) is 6.26. The number of imidazole rings is 1. The summed E-state index contributed by atoms with van der Waals surface area (Å²) >= 11 is 3.10. The first-order chi connectivity index (χ1) is 8.92. The van der Waals surface area contributed by atoms with Gasteiger partial charge in [0.15, 0.2) is 5.03 Å². The number of benzene rings is 1. The van der Waals surface area contributed by atoms with E-state index in [2.05, 4.69) is 25.6 Å². The summed E-state index contributed by atoms with van der Waals surface area (Å²) in [4.78, 5) is 3.83. The molecule has 5 nitrogen and oxygen atoms in total. The predicted molar refractivity (Wildman–Crippen MR) is 72.8 cm³/mol. The summed E-state index contributed by atoms with van der Waals surface area (Å²) in [5.74, 6) is -0.454. The topological polar surface area (TPSA) is 64.0 Å². The molecular weight excluding hydrogens is 337 g/mol. The largest absolute Gasteiger partial charge is 0.336 e. The average molecular weight is 348 g/mol. The fourth-order valence-electron chi connectivity index (χ4n) is 1.42. The number of hydrogen-bond donors (Lipinski definition) is 1. The SMILES string of the molecule is CCn1cnc(S(=O)(=O)Nc2ccc(F)cc2Br)c1. The number of nitrogens with zero attached hydrogens (tertiary/aromatic N) is 2. The second kappa shape index (κ2) is 5.30. The van der Waals surface area contributed by atoms with Crippen LogP contribution >= 0.6 is 15.9 Å². The van der Waals surface area contributed by atoms with Gasteiger partial charge in [0.1, 0.15) is 5.82 Å². The maximum absolute atomic E-state index is 12.9. The molecule has 2 aromatic rings. The van der Waals surface area contributed by atoms with Crippen molar-refractivity contribution in [2.24, 2.45) is 0 Å². The van der Waals surface area contributed by atoms with Crippen LogP contribution in [0.1, 0.15) is 6.92 Å². The van der Waals surface area contributed by atoms with E-state index in [1.807, 2.05) is 6.92 Å². The van der Waals surface area contributed by atoms with E-state index in [4.69, 9.17) is 0 Å². The molecule has 0 saturated heterocycles. The predicted octanol–water partition coefficient (Wildman–Crippen LogP) is 2.61. The van der Waals surface area contributed by atoms with Crippen molar-refractivity contribution in [2.75, 3.05) is 4.72 Å². The molecule has 0 aliphatic heterocycles. The van der Waals surface area contributed by atoms with E-state index in [-0.39, 0.29) is 10.7 Å². The average Bonchev–Trinajstić information content (AvgIpc) is 2.82. The first-order valence-electron chi connectivity index (χ1n) is 5.42. The van der Waals surface area contributed by atoms with Gasteiger partial charge in [0.25, 0.3) is 10.0 Å². The Hall–Kier alpha value is -1.41. The number of sulfonamides is 1. The van der Waals surface area contributed by atoms with Crippen LogP contribution in [0.4, 0.5) is 10.1 Å². The molecule has 0 spiro atoms. The Kier molecular flexibility index (Phi) is 3.91. The van der Waals surface area contributed by atoms with Crippen molar-refractivity contribution in [1.82, 2.24) is 9.55 Å². The van der Waals surface area contributed by atoms with Crippen molar-refractivity contribution < 1.29 is 12.8 Å². The van der Waals surface area contributed by atoms with Crippen LogP contribution in [-0.2, 0) is 16.6 Å². The summed E-state index contributed by atoms with van der Waals surface area (Å²) < 4.78 is 41.4. The van der Waals surface area contributed by atoms with E-state index in [1.165, 1.54) is 30.7 Å². The van der Waals surface area contributed by atoms with E-state index in [0.717, 1.165) is 0 Å². The van der Waals surface area contributed by atoms with E-state index in [1.54, 1.807) is 4.57 Å². The summed E-state index contributed by atoms with van der Waals surface area (Å²) in [5.41, 5.74) is 0.257. The standard InChI is InChI=1S/C11H11BrFN3O2S/c1-2-16-6-11(14-7-16)19(17,18)15-10-4-3-8(13)5-9(10)12/h3-7,15H,2H2,1H3. The molecule has 1 heterocycles. The summed E-state index contributed by atoms with van der Waals surface area (Å²) in [7, 11) is -3.77. The monoisotopic (exact) mass is 347 g/mol. The van der Waals surface area contributed by atoms with Gasteiger partial charge in [0.2, 0.25) is 0 Å². The van der Waals surface area contributed by atoms with Crippen molar-refractivity contribution in [1.29, 1.82) is 0 Å². The maximum Gasteiger partial charge on any atom is 0.280 e. The molecule has 0 aliphatic carbocycles. The third kappa shape index (κ3) is 3.13. The van der Waals surface area contributed by atoms with Crippen LogP contribution in [-0.4, -0.2) is 18.0 Å². The first-order valence-corrected chi connectivity index (χ1v) is 7.69. The van der Waals surface area contributed by atoms with Gasteiger partial charge in [-0.25, -0.2) is 9.37 Å². The molecule has 0 amide bonds. The molecule has 0 saturated carbocycles. The minimum atomic E-state index is -3.77. The molecule has 102 valence electrons. The number of aryl methyl sites for hydroxylation is 1. The number of halogens is 2. The molecule has 1 aromatic heterocycles. The molecule has 0 atom stereocenters. The quantitative estimate of drug-likeness (QED) is 0.924. The van der Waals surface area contributed by atoms with E-state index >= 15 is 0 Å². The number of hydrogen-bond acceptors (Lipinski definition) is 3. The highest BCUT2D eigenvalue weighted by molar-refractivity contribution is 9.10. The highest BCUT2D eigenvalue weighted by Gasteiger charge is 2.18. The van der Waals surface area contributed by atoms with Crippen molar-refractivity contribution in [3.63, 3.8) is 0 Å². The number of rotatable bonds is 4. The van der Waals surface area contributed by atoms with E-state index in [9.17, 15) is 12.8 Å². The molecule has 0 aliphatic rings. The molecule has 8 heteroatoms. The molecule has 1 aromatic carbocycles. The molecule has 0 unspecified atom stereocenters. The van der Waals surface area contributed by atoms with Crippen LogP contribution in [0, 0.1) is 5.82 Å². The highest BCUT2D eigenvalue weighted by Crippen LogP contribution is 2.25. The normalized spacial score (nSPS) is 11.5. The molecule has 1 N–H and O–H groups in total. The van der Waals surface area contributed by atoms with Crippen LogP contribution < -0.4 is 4.72 Å². The number of anilines is 1. The lowest BCUT2D eigenvalue weighted by molar-refractivity contribution is 0.597. The molecule has 0 radical (unpaired) electrons. The van der Waals surface area contributed by atoms with Crippen LogP contribution in [0.3, 0.4) is 0 Å². The van der Waals surface area contributed by atoms with Crippen molar-refractivity contribution >= 4 is 31.6 Å². The summed E-state index contributed by atoms with van der Waals surface area (Å²) in [6.07, 6.45) is 2.87. The first kappa shape index (κ1) is 14.0. The maximum atomic E-state index is 12.9. The highest BCUT2D eigenvalue weighted by atomic mass is 79.9. The smallest absolute Gasteiger partial charge is 0.280 e. The second-order valence-electron chi connectivity index (χ2n) is 3.77. The lowest BCUT2D eigenvalue weighted by Crippen LogP contribution is -2.13. The van der Waals surface area contributed by atoms with Gasteiger partial charge in [-0.05, 0) is 41.1 Å². The van der Waals surface area contributed by atoms with Gasteiger partial charge in [0.05, 0.1) is 12.0 Å². The van der Waals surface area contributed by atoms with Crippen LogP contribution in [0.25, 0.3) is 0 Å². The lowest BCUT2D eigenvalue weighted by atomic mass is 10.3.